The van der Waals surface area contributed by atoms with Gasteiger partial charge >= 0.3 is 11.9 Å². The third-order valence-electron chi connectivity index (χ3n) is 1.83. The predicted molar refractivity (Wildman–Crippen MR) is 69.2 cm³/mol. The van der Waals surface area contributed by atoms with Crippen molar-refractivity contribution in [3.05, 3.63) is 24.8 Å². The van der Waals surface area contributed by atoms with E-state index in [1.54, 1.807) is 0 Å². The number of hydrogen-bond acceptors (Lipinski definition) is 4. The zero-order chi connectivity index (χ0) is 14.4. The Morgan fingerprint density at radius 2 is 1.72 bits per heavy atom. The van der Waals surface area contributed by atoms with Crippen molar-refractivity contribution in [2.45, 2.75) is 32.6 Å². The Balaban J connectivity index is 0. The van der Waals surface area contributed by atoms with Gasteiger partial charge in [-0.2, -0.15) is 0 Å². The van der Waals surface area contributed by atoms with Crippen molar-refractivity contribution in [3.63, 3.8) is 0 Å². The molecule has 104 valence electrons. The lowest BCUT2D eigenvalue weighted by Gasteiger charge is -2.00. The summed E-state index contributed by atoms with van der Waals surface area (Å²) in [6, 6.07) is 0. The van der Waals surface area contributed by atoms with E-state index < -0.39 is 5.97 Å². The number of ether oxygens (including phenoxy) is 1. The van der Waals surface area contributed by atoms with Crippen LogP contribution in [0.2, 0.25) is 0 Å². The average Bonchev–Trinajstić information content (AvgIpc) is 2.33. The van der Waals surface area contributed by atoms with Crippen LogP contribution in [0.15, 0.2) is 24.8 Å². The molecule has 0 amide bonds. The topological polar surface area (TPSA) is 83.8 Å². The quantitative estimate of drug-likeness (QED) is 0.395. The first-order valence-electron chi connectivity index (χ1n) is 5.74. The summed E-state index contributed by atoms with van der Waals surface area (Å²) in [6.07, 6.45) is 4.83. The maximum Gasteiger partial charge on any atom is 0.330 e. The summed E-state index contributed by atoms with van der Waals surface area (Å²) >= 11 is 0. The van der Waals surface area contributed by atoms with Gasteiger partial charge in [-0.15, -0.1) is 0 Å². The van der Waals surface area contributed by atoms with Crippen molar-refractivity contribution < 1.29 is 24.5 Å². The Hall–Kier alpha value is -1.62. The van der Waals surface area contributed by atoms with Crippen molar-refractivity contribution >= 4 is 11.9 Å². The van der Waals surface area contributed by atoms with Crippen LogP contribution in [-0.2, 0) is 14.3 Å². The molecule has 0 aromatic rings. The summed E-state index contributed by atoms with van der Waals surface area (Å²) < 4.78 is 4.75. The van der Waals surface area contributed by atoms with Gasteiger partial charge in [0.15, 0.2) is 0 Å². The Bertz CT molecular complexity index is 259. The van der Waals surface area contributed by atoms with E-state index in [9.17, 15) is 9.59 Å². The molecule has 18 heavy (non-hydrogen) atoms. The van der Waals surface area contributed by atoms with Gasteiger partial charge in [-0.1, -0.05) is 19.6 Å². The first-order chi connectivity index (χ1) is 8.45. The molecule has 0 aliphatic carbocycles. The second-order valence-electron chi connectivity index (χ2n) is 3.59. The van der Waals surface area contributed by atoms with E-state index in [0.29, 0.717) is 6.61 Å². The Kier molecular flexibility index (Phi) is 14.0. The van der Waals surface area contributed by atoms with Crippen LogP contribution in [0.25, 0.3) is 0 Å². The number of carbonyl (C=O) groups is 2. The summed E-state index contributed by atoms with van der Waals surface area (Å²) in [6.45, 7) is 8.58. The van der Waals surface area contributed by atoms with Gasteiger partial charge in [0.2, 0.25) is 0 Å². The van der Waals surface area contributed by atoms with Gasteiger partial charge in [-0.05, 0) is 26.2 Å². The summed E-state index contributed by atoms with van der Waals surface area (Å²) in [7, 11) is 0. The van der Waals surface area contributed by atoms with E-state index in [1.807, 2.05) is 0 Å². The molecule has 0 atom stereocenters. The van der Waals surface area contributed by atoms with Crippen LogP contribution in [0.1, 0.15) is 32.6 Å². The van der Waals surface area contributed by atoms with E-state index in [4.69, 9.17) is 14.9 Å². The van der Waals surface area contributed by atoms with E-state index >= 15 is 0 Å². The number of aliphatic carboxylic acids is 1. The number of aliphatic hydroxyl groups is 1. The lowest BCUT2D eigenvalue weighted by atomic mass is 10.2. The highest BCUT2D eigenvalue weighted by Crippen LogP contribution is 1.99. The molecule has 0 heterocycles. The minimum absolute atomic E-state index is 0.176. The van der Waals surface area contributed by atoms with Crippen LogP contribution < -0.4 is 0 Å². The molecule has 0 bridgehead atoms. The molecule has 0 aromatic heterocycles. The Morgan fingerprint density at radius 1 is 1.22 bits per heavy atom. The molecule has 0 radical (unpaired) electrons. The van der Waals surface area contributed by atoms with Crippen molar-refractivity contribution in [1.29, 1.82) is 0 Å². The largest absolute Gasteiger partial charge is 0.478 e. The maximum absolute atomic E-state index is 10.5. The molecule has 0 rings (SSSR count). The van der Waals surface area contributed by atoms with Crippen molar-refractivity contribution in [2.75, 3.05) is 13.2 Å². The summed E-state index contributed by atoms with van der Waals surface area (Å²) in [5, 5.41) is 16.3. The third kappa shape index (κ3) is 16.8. The molecule has 0 aliphatic heterocycles. The highest BCUT2D eigenvalue weighted by molar-refractivity contribution is 5.84. The molecule has 0 fully saturated rings. The molecule has 5 nitrogen and oxygen atoms in total. The van der Waals surface area contributed by atoms with Crippen LogP contribution in [0, 0.1) is 0 Å². The molecule has 0 saturated heterocycles. The molecular weight excluding hydrogens is 236 g/mol. The second kappa shape index (κ2) is 13.4. The number of rotatable bonds is 8. The molecular formula is C13H22O5. The number of aliphatic hydroxyl groups excluding tert-OH is 1. The zero-order valence-electron chi connectivity index (χ0n) is 10.9. The van der Waals surface area contributed by atoms with E-state index in [-0.39, 0.29) is 18.1 Å². The van der Waals surface area contributed by atoms with Crippen molar-refractivity contribution in [1.82, 2.24) is 0 Å². The zero-order valence-corrected chi connectivity index (χ0v) is 10.9. The Morgan fingerprint density at radius 3 is 2.11 bits per heavy atom. The highest BCUT2D eigenvalue weighted by Gasteiger charge is 1.94. The average molecular weight is 258 g/mol. The predicted octanol–water partition coefficient (Wildman–Crippen LogP) is 1.92. The van der Waals surface area contributed by atoms with E-state index in [2.05, 4.69) is 13.2 Å². The normalized spacial score (nSPS) is 8.78. The molecule has 0 aliphatic rings. The minimum Gasteiger partial charge on any atom is -0.478 e. The number of unbranched alkanes of at least 4 members (excludes halogenated alkanes) is 3. The Labute approximate surface area is 108 Å². The number of hydrogen-bond donors (Lipinski definition) is 2. The van der Waals surface area contributed by atoms with Gasteiger partial charge in [0.1, 0.15) is 0 Å². The first kappa shape index (κ1) is 18.7. The van der Waals surface area contributed by atoms with Crippen LogP contribution in [0.4, 0.5) is 0 Å². The lowest BCUT2D eigenvalue weighted by molar-refractivity contribution is -0.138. The van der Waals surface area contributed by atoms with Crippen LogP contribution >= 0.6 is 0 Å². The summed E-state index contributed by atoms with van der Waals surface area (Å²) in [4.78, 5) is 20.1. The van der Waals surface area contributed by atoms with Gasteiger partial charge in [0, 0.05) is 18.3 Å². The monoisotopic (exact) mass is 258 g/mol. The number of carboxylic acid groups (broad SMARTS) is 1. The molecule has 0 aromatic carbocycles. The van der Waals surface area contributed by atoms with Gasteiger partial charge in [0.25, 0.3) is 0 Å². The summed E-state index contributed by atoms with van der Waals surface area (Å²) in [5.74, 6) is -1.30. The number of carbonyl (C=O) groups excluding carboxylic acids is 1. The standard InChI is InChI=1S/C9H16O3.C4H6O2/c1-2-9(11)12-8-6-4-3-5-7-10;1-3(2)4(5)6/h2,10H,1,3-8H2;1H2,2H3,(H,5,6). The van der Waals surface area contributed by atoms with E-state index in [0.717, 1.165) is 31.8 Å². The fraction of sp³-hybridized carbons (Fsp3) is 0.538. The van der Waals surface area contributed by atoms with Gasteiger partial charge in [0.05, 0.1) is 6.61 Å². The fourth-order valence-corrected chi connectivity index (χ4v) is 0.799. The number of esters is 1. The maximum atomic E-state index is 10.5. The van der Waals surface area contributed by atoms with Crippen molar-refractivity contribution in [3.8, 4) is 0 Å². The van der Waals surface area contributed by atoms with Crippen molar-refractivity contribution in [2.24, 2.45) is 0 Å². The van der Waals surface area contributed by atoms with Gasteiger partial charge in [-0.25, -0.2) is 9.59 Å². The van der Waals surface area contributed by atoms with E-state index in [1.165, 1.54) is 6.92 Å². The molecule has 0 spiro atoms. The van der Waals surface area contributed by atoms with Gasteiger partial charge in [-0.3, -0.25) is 0 Å². The van der Waals surface area contributed by atoms with Gasteiger partial charge < -0.3 is 14.9 Å². The lowest BCUT2D eigenvalue weighted by Crippen LogP contribution is -2.01. The first-order valence-corrected chi connectivity index (χ1v) is 5.74. The smallest absolute Gasteiger partial charge is 0.330 e. The van der Waals surface area contributed by atoms with Crippen LogP contribution in [-0.4, -0.2) is 35.4 Å². The molecule has 5 heteroatoms. The van der Waals surface area contributed by atoms with Crippen LogP contribution in [0.3, 0.4) is 0 Å². The molecule has 0 unspecified atom stereocenters. The molecule has 0 saturated carbocycles. The summed E-state index contributed by atoms with van der Waals surface area (Å²) in [5.41, 5.74) is 0.176. The number of carboxylic acids is 1. The van der Waals surface area contributed by atoms with Crippen LogP contribution in [0.5, 0.6) is 0 Å². The fourth-order valence-electron chi connectivity index (χ4n) is 0.799. The second-order valence-corrected chi connectivity index (χ2v) is 3.59. The third-order valence-corrected chi connectivity index (χ3v) is 1.83. The highest BCUT2D eigenvalue weighted by atomic mass is 16.5. The molecule has 2 N–H and O–H groups in total. The SMILES string of the molecule is C=C(C)C(=O)O.C=CC(=O)OCCCCCCO. The minimum atomic E-state index is -0.935.